The average molecular weight is 339 g/mol. The van der Waals surface area contributed by atoms with Gasteiger partial charge in [0.1, 0.15) is 5.76 Å². The van der Waals surface area contributed by atoms with Gasteiger partial charge in [-0.05, 0) is 63.3 Å². The van der Waals surface area contributed by atoms with Gasteiger partial charge in [0.05, 0.1) is 6.61 Å². The molecule has 135 valence electrons. The van der Waals surface area contributed by atoms with E-state index in [9.17, 15) is 0 Å². The van der Waals surface area contributed by atoms with Crippen LogP contribution in [0, 0.1) is 13.3 Å². The molecule has 25 heavy (non-hydrogen) atoms. The molecule has 0 N–H and O–H groups in total. The number of rotatable bonds is 12. The standard InChI is InChI=1S/C23H32NO/c1-3-4-18-24(22-16-14-21(2)15-17-22)19-10-5-6-11-20-25-23-12-8-7-9-13-23/h3,7-8,12-17H,1,4-6,9-11,18-20H2,2H3. The zero-order valence-corrected chi connectivity index (χ0v) is 15.6. The summed E-state index contributed by atoms with van der Waals surface area (Å²) in [6, 6.07) is 8.85. The van der Waals surface area contributed by atoms with E-state index in [1.165, 1.54) is 30.5 Å². The minimum Gasteiger partial charge on any atom is -0.494 e. The van der Waals surface area contributed by atoms with Gasteiger partial charge in [0.2, 0.25) is 0 Å². The molecule has 0 aromatic heterocycles. The van der Waals surface area contributed by atoms with E-state index in [2.05, 4.69) is 61.2 Å². The van der Waals surface area contributed by atoms with Gasteiger partial charge in [0.15, 0.2) is 0 Å². The smallest absolute Gasteiger partial charge is 0.115 e. The van der Waals surface area contributed by atoms with Crippen molar-refractivity contribution >= 4 is 5.69 Å². The van der Waals surface area contributed by atoms with Crippen LogP contribution in [0.4, 0.5) is 5.69 Å². The Morgan fingerprint density at radius 3 is 2.60 bits per heavy atom. The van der Waals surface area contributed by atoms with E-state index in [4.69, 9.17) is 4.74 Å². The summed E-state index contributed by atoms with van der Waals surface area (Å²) in [5.74, 6) is 1.03. The van der Waals surface area contributed by atoms with Gasteiger partial charge in [-0.1, -0.05) is 42.7 Å². The minimum absolute atomic E-state index is 0.828. The van der Waals surface area contributed by atoms with Crippen LogP contribution in [0.5, 0.6) is 0 Å². The van der Waals surface area contributed by atoms with Crippen molar-refractivity contribution in [3.63, 3.8) is 0 Å². The van der Waals surface area contributed by atoms with Crippen molar-refractivity contribution in [1.82, 2.24) is 0 Å². The molecule has 0 spiro atoms. The lowest BCUT2D eigenvalue weighted by molar-refractivity contribution is 0.215. The Morgan fingerprint density at radius 1 is 1.08 bits per heavy atom. The molecule has 0 amide bonds. The van der Waals surface area contributed by atoms with Crippen molar-refractivity contribution in [2.45, 2.75) is 45.4 Å². The fraction of sp³-hybridized carbons (Fsp3) is 0.435. The van der Waals surface area contributed by atoms with Gasteiger partial charge in [-0.3, -0.25) is 0 Å². The van der Waals surface area contributed by atoms with Gasteiger partial charge >= 0.3 is 0 Å². The molecule has 1 aromatic carbocycles. The highest BCUT2D eigenvalue weighted by molar-refractivity contribution is 5.47. The first-order valence-electron chi connectivity index (χ1n) is 9.55. The lowest BCUT2D eigenvalue weighted by Gasteiger charge is -2.24. The van der Waals surface area contributed by atoms with Crippen LogP contribution in [0.1, 0.15) is 44.1 Å². The van der Waals surface area contributed by atoms with Crippen LogP contribution in [0.2, 0.25) is 0 Å². The van der Waals surface area contributed by atoms with Crippen LogP contribution >= 0.6 is 0 Å². The van der Waals surface area contributed by atoms with Crippen LogP contribution in [0.25, 0.3) is 0 Å². The molecular formula is C23H32NO. The van der Waals surface area contributed by atoms with E-state index in [1.54, 1.807) is 0 Å². The molecule has 0 atom stereocenters. The van der Waals surface area contributed by atoms with Crippen LogP contribution in [0.3, 0.4) is 0 Å². The maximum atomic E-state index is 5.78. The van der Waals surface area contributed by atoms with Gasteiger partial charge in [-0.15, -0.1) is 6.58 Å². The van der Waals surface area contributed by atoms with Gasteiger partial charge in [-0.25, -0.2) is 0 Å². The molecular weight excluding hydrogens is 306 g/mol. The Bertz CT molecular complexity index is 556. The van der Waals surface area contributed by atoms with E-state index < -0.39 is 0 Å². The highest BCUT2D eigenvalue weighted by atomic mass is 16.5. The number of benzene rings is 1. The number of nitrogens with zero attached hydrogens (tertiary/aromatic N) is 1. The van der Waals surface area contributed by atoms with Crippen molar-refractivity contribution in [2.24, 2.45) is 0 Å². The summed E-state index contributed by atoms with van der Waals surface area (Å²) >= 11 is 0. The highest BCUT2D eigenvalue weighted by Gasteiger charge is 2.05. The van der Waals surface area contributed by atoms with Crippen LogP contribution in [-0.2, 0) is 4.74 Å². The quantitative estimate of drug-likeness (QED) is 0.342. The normalized spacial score (nSPS) is 13.4. The number of hydrogen-bond donors (Lipinski definition) is 0. The molecule has 0 bridgehead atoms. The summed E-state index contributed by atoms with van der Waals surface area (Å²) in [6.45, 7) is 8.98. The molecule has 0 fully saturated rings. The fourth-order valence-corrected chi connectivity index (χ4v) is 2.92. The fourth-order valence-electron chi connectivity index (χ4n) is 2.92. The topological polar surface area (TPSA) is 12.5 Å². The van der Waals surface area contributed by atoms with E-state index >= 15 is 0 Å². The van der Waals surface area contributed by atoms with Crippen molar-refractivity contribution in [3.8, 4) is 0 Å². The third-order valence-corrected chi connectivity index (χ3v) is 4.45. The van der Waals surface area contributed by atoms with E-state index in [1.807, 2.05) is 12.2 Å². The van der Waals surface area contributed by atoms with Crippen molar-refractivity contribution in [2.75, 3.05) is 24.6 Å². The number of aryl methyl sites for hydroxylation is 1. The number of ether oxygens (including phenoxy) is 1. The van der Waals surface area contributed by atoms with Gasteiger partial charge in [0, 0.05) is 18.8 Å². The Morgan fingerprint density at radius 2 is 1.88 bits per heavy atom. The monoisotopic (exact) mass is 338 g/mol. The molecule has 2 nitrogen and oxygen atoms in total. The van der Waals surface area contributed by atoms with Gasteiger partial charge in [-0.2, -0.15) is 0 Å². The Labute approximate surface area is 153 Å². The zero-order chi connectivity index (χ0) is 17.7. The lowest BCUT2D eigenvalue weighted by Crippen LogP contribution is -2.25. The minimum atomic E-state index is 0.828. The molecule has 1 radical (unpaired) electrons. The van der Waals surface area contributed by atoms with Gasteiger partial charge in [0.25, 0.3) is 0 Å². The van der Waals surface area contributed by atoms with Gasteiger partial charge < -0.3 is 9.64 Å². The predicted octanol–water partition coefficient (Wildman–Crippen LogP) is 6.00. The van der Waals surface area contributed by atoms with Crippen LogP contribution in [-0.4, -0.2) is 19.7 Å². The van der Waals surface area contributed by atoms with Crippen molar-refractivity contribution in [1.29, 1.82) is 0 Å². The molecule has 1 aromatic rings. The molecule has 0 heterocycles. The average Bonchev–Trinajstić information content (AvgIpc) is 2.65. The first-order valence-corrected chi connectivity index (χ1v) is 9.55. The first kappa shape index (κ1) is 19.4. The van der Waals surface area contributed by atoms with E-state index in [0.717, 1.165) is 44.7 Å². The Hall–Kier alpha value is -1.96. The maximum absolute atomic E-state index is 5.78. The number of anilines is 1. The SMILES string of the molecule is C=CCCN(CCCCCCOC1=CC[CH]C=C1)c1ccc(C)cc1. The summed E-state index contributed by atoms with van der Waals surface area (Å²) in [6.07, 6.45) is 17.3. The predicted molar refractivity (Wildman–Crippen MR) is 109 cm³/mol. The summed E-state index contributed by atoms with van der Waals surface area (Å²) in [5, 5.41) is 0. The summed E-state index contributed by atoms with van der Waals surface area (Å²) in [5.41, 5.74) is 2.64. The summed E-state index contributed by atoms with van der Waals surface area (Å²) in [4.78, 5) is 2.48. The number of hydrogen-bond acceptors (Lipinski definition) is 2. The van der Waals surface area contributed by atoms with E-state index in [-0.39, 0.29) is 0 Å². The zero-order valence-electron chi connectivity index (χ0n) is 15.6. The maximum Gasteiger partial charge on any atom is 0.115 e. The molecule has 2 heteroatoms. The molecule has 1 aliphatic carbocycles. The van der Waals surface area contributed by atoms with Crippen molar-refractivity contribution in [3.05, 3.63) is 72.9 Å². The lowest BCUT2D eigenvalue weighted by atomic mass is 10.1. The van der Waals surface area contributed by atoms with E-state index in [0.29, 0.717) is 0 Å². The second-order valence-electron chi connectivity index (χ2n) is 6.60. The molecule has 0 saturated heterocycles. The number of allylic oxidation sites excluding steroid dienone is 3. The largest absolute Gasteiger partial charge is 0.494 e. The molecule has 1 aliphatic rings. The van der Waals surface area contributed by atoms with Crippen LogP contribution < -0.4 is 4.90 Å². The third kappa shape index (κ3) is 7.64. The number of unbranched alkanes of at least 4 members (excludes halogenated alkanes) is 3. The summed E-state index contributed by atoms with van der Waals surface area (Å²) in [7, 11) is 0. The summed E-state index contributed by atoms with van der Waals surface area (Å²) < 4.78 is 5.78. The van der Waals surface area contributed by atoms with Crippen LogP contribution in [0.15, 0.2) is 60.9 Å². The molecule has 0 unspecified atom stereocenters. The molecule has 0 saturated carbocycles. The Kier molecular flexibility index (Phi) is 8.96. The third-order valence-electron chi connectivity index (χ3n) is 4.45. The molecule has 0 aliphatic heterocycles. The van der Waals surface area contributed by atoms with Crippen molar-refractivity contribution < 1.29 is 4.74 Å². The Balaban J connectivity index is 1.63. The second-order valence-corrected chi connectivity index (χ2v) is 6.60. The first-order chi connectivity index (χ1) is 12.3. The second kappa shape index (κ2) is 11.6. The molecule has 2 rings (SSSR count). The highest BCUT2D eigenvalue weighted by Crippen LogP contribution is 2.17.